The van der Waals surface area contributed by atoms with Crippen molar-refractivity contribution in [3.63, 3.8) is 0 Å². The van der Waals surface area contributed by atoms with Crippen molar-refractivity contribution in [3.05, 3.63) is 45.3 Å². The summed E-state index contributed by atoms with van der Waals surface area (Å²) in [6, 6.07) is 7.48. The smallest absolute Gasteiger partial charge is 0.271 e. The van der Waals surface area contributed by atoms with Gasteiger partial charge in [-0.3, -0.25) is 4.72 Å². The van der Waals surface area contributed by atoms with Gasteiger partial charge in [0.1, 0.15) is 9.20 Å². The van der Waals surface area contributed by atoms with Gasteiger partial charge in [0, 0.05) is 0 Å². The van der Waals surface area contributed by atoms with E-state index in [-0.39, 0.29) is 14.2 Å². The molecule has 0 saturated heterocycles. The second-order valence-corrected chi connectivity index (χ2v) is 7.96. The maximum Gasteiger partial charge on any atom is 0.271 e. The molecule has 106 valence electrons. The third kappa shape index (κ3) is 3.42. The first kappa shape index (κ1) is 15.5. The molecule has 0 aliphatic heterocycles. The molecule has 2 aromatic rings. The van der Waals surface area contributed by atoms with Crippen molar-refractivity contribution >= 4 is 67.5 Å². The zero-order valence-corrected chi connectivity index (χ0v) is 13.7. The Bertz CT molecular complexity index is 772. The standard InChI is InChI=1S/C11H8Cl2N2O2S3/c12-7-2-1-6(5-8(7)13)15-20(16,17)10-4-3-9(19-10)11(14)18/h1-5,15H,(H2,14,18). The van der Waals surface area contributed by atoms with Gasteiger partial charge in [0.25, 0.3) is 10.0 Å². The van der Waals surface area contributed by atoms with Crippen LogP contribution in [0.3, 0.4) is 0 Å². The van der Waals surface area contributed by atoms with Gasteiger partial charge in [-0.25, -0.2) is 8.42 Å². The Kier molecular flexibility index (Phi) is 4.55. The van der Waals surface area contributed by atoms with Gasteiger partial charge in [0.2, 0.25) is 0 Å². The van der Waals surface area contributed by atoms with Gasteiger partial charge in [-0.2, -0.15) is 0 Å². The van der Waals surface area contributed by atoms with E-state index in [2.05, 4.69) is 4.72 Å². The van der Waals surface area contributed by atoms with Crippen LogP contribution in [0.1, 0.15) is 4.88 Å². The average Bonchev–Trinajstić information content (AvgIpc) is 2.84. The predicted octanol–water partition coefficient (Wildman–Crippen LogP) is 3.49. The van der Waals surface area contributed by atoms with Crippen LogP contribution in [0.2, 0.25) is 10.0 Å². The number of nitrogens with two attached hydrogens (primary N) is 1. The molecule has 4 nitrogen and oxygen atoms in total. The molecular formula is C11H8Cl2N2O2S3. The van der Waals surface area contributed by atoms with E-state index in [1.165, 1.54) is 24.3 Å². The molecule has 3 N–H and O–H groups in total. The van der Waals surface area contributed by atoms with Crippen LogP contribution in [-0.2, 0) is 10.0 Å². The van der Waals surface area contributed by atoms with Crippen LogP contribution in [0.15, 0.2) is 34.5 Å². The minimum atomic E-state index is -3.70. The highest BCUT2D eigenvalue weighted by Crippen LogP contribution is 2.28. The number of nitrogens with one attached hydrogen (secondary N) is 1. The summed E-state index contributed by atoms with van der Waals surface area (Å²) >= 11 is 17.4. The van der Waals surface area contributed by atoms with Crippen LogP contribution in [-0.4, -0.2) is 13.4 Å². The lowest BCUT2D eigenvalue weighted by Crippen LogP contribution is -2.11. The van der Waals surface area contributed by atoms with Crippen molar-refractivity contribution in [1.29, 1.82) is 0 Å². The van der Waals surface area contributed by atoms with Crippen molar-refractivity contribution in [2.45, 2.75) is 4.21 Å². The zero-order chi connectivity index (χ0) is 14.9. The third-order valence-corrected chi connectivity index (χ3v) is 6.34. The zero-order valence-electron chi connectivity index (χ0n) is 9.76. The number of rotatable bonds is 4. The van der Waals surface area contributed by atoms with E-state index in [1.807, 2.05) is 0 Å². The molecular weight excluding hydrogens is 359 g/mol. The number of thiophene rings is 1. The Morgan fingerprint density at radius 1 is 1.20 bits per heavy atom. The molecule has 1 aromatic carbocycles. The number of anilines is 1. The summed E-state index contributed by atoms with van der Waals surface area (Å²) in [6.45, 7) is 0. The quantitative estimate of drug-likeness (QED) is 0.812. The first-order chi connectivity index (χ1) is 9.29. The minimum absolute atomic E-state index is 0.117. The van der Waals surface area contributed by atoms with Crippen molar-refractivity contribution in [2.24, 2.45) is 5.73 Å². The molecule has 0 atom stereocenters. The number of hydrogen-bond acceptors (Lipinski definition) is 4. The molecule has 0 amide bonds. The molecule has 1 heterocycles. The average molecular weight is 367 g/mol. The second kappa shape index (κ2) is 5.87. The van der Waals surface area contributed by atoms with Gasteiger partial charge < -0.3 is 5.73 Å². The van der Waals surface area contributed by atoms with Gasteiger partial charge in [0.05, 0.1) is 20.6 Å². The second-order valence-electron chi connectivity index (χ2n) is 3.72. The van der Waals surface area contributed by atoms with E-state index >= 15 is 0 Å². The molecule has 0 fully saturated rings. The van der Waals surface area contributed by atoms with E-state index in [9.17, 15) is 8.42 Å². The Hall–Kier alpha value is -0.860. The Labute approximate surface area is 135 Å². The maximum atomic E-state index is 12.2. The Balaban J connectivity index is 2.30. The SMILES string of the molecule is NC(=S)c1ccc(S(=O)(=O)Nc2ccc(Cl)c(Cl)c2)s1. The summed E-state index contributed by atoms with van der Waals surface area (Å²) in [5.41, 5.74) is 5.78. The van der Waals surface area contributed by atoms with Crippen LogP contribution in [0, 0.1) is 0 Å². The molecule has 0 unspecified atom stereocenters. The molecule has 0 saturated carbocycles. The summed E-state index contributed by atoms with van der Waals surface area (Å²) in [7, 11) is -3.70. The molecule has 20 heavy (non-hydrogen) atoms. The lowest BCUT2D eigenvalue weighted by atomic mass is 10.3. The summed E-state index contributed by atoms with van der Waals surface area (Å²) in [6.07, 6.45) is 0. The fourth-order valence-corrected chi connectivity index (χ4v) is 4.06. The van der Waals surface area contributed by atoms with Gasteiger partial charge in [-0.1, -0.05) is 35.4 Å². The third-order valence-electron chi connectivity index (χ3n) is 2.26. The van der Waals surface area contributed by atoms with Crippen LogP contribution in [0.5, 0.6) is 0 Å². The summed E-state index contributed by atoms with van der Waals surface area (Å²) in [4.78, 5) is 0.695. The summed E-state index contributed by atoms with van der Waals surface area (Å²) < 4.78 is 26.9. The van der Waals surface area contributed by atoms with Crippen molar-refractivity contribution < 1.29 is 8.42 Å². The fraction of sp³-hybridized carbons (Fsp3) is 0. The highest BCUT2D eigenvalue weighted by atomic mass is 35.5. The van der Waals surface area contributed by atoms with Gasteiger partial charge in [-0.05, 0) is 30.3 Å². The monoisotopic (exact) mass is 366 g/mol. The van der Waals surface area contributed by atoms with Gasteiger partial charge >= 0.3 is 0 Å². The van der Waals surface area contributed by atoms with E-state index < -0.39 is 10.0 Å². The number of benzene rings is 1. The molecule has 0 spiro atoms. The molecule has 1 aromatic heterocycles. The van der Waals surface area contributed by atoms with Crippen molar-refractivity contribution in [3.8, 4) is 0 Å². The van der Waals surface area contributed by atoms with E-state index in [0.717, 1.165) is 11.3 Å². The van der Waals surface area contributed by atoms with Crippen LogP contribution in [0.4, 0.5) is 5.69 Å². The van der Waals surface area contributed by atoms with Crippen molar-refractivity contribution in [1.82, 2.24) is 0 Å². The van der Waals surface area contributed by atoms with Gasteiger partial charge in [0.15, 0.2) is 0 Å². The number of hydrogen-bond donors (Lipinski definition) is 2. The van der Waals surface area contributed by atoms with E-state index in [0.29, 0.717) is 15.6 Å². The Morgan fingerprint density at radius 2 is 1.90 bits per heavy atom. The number of sulfonamides is 1. The lowest BCUT2D eigenvalue weighted by molar-refractivity contribution is 0.603. The highest BCUT2D eigenvalue weighted by Gasteiger charge is 2.18. The number of halogens is 2. The molecule has 9 heteroatoms. The van der Waals surface area contributed by atoms with Crippen molar-refractivity contribution in [2.75, 3.05) is 4.72 Å². The topological polar surface area (TPSA) is 72.2 Å². The summed E-state index contributed by atoms with van der Waals surface area (Å²) in [5.74, 6) is 0. The largest absolute Gasteiger partial charge is 0.389 e. The Morgan fingerprint density at radius 3 is 2.45 bits per heavy atom. The normalized spacial score (nSPS) is 11.3. The molecule has 0 aliphatic carbocycles. The molecule has 2 rings (SSSR count). The first-order valence-electron chi connectivity index (χ1n) is 5.17. The lowest BCUT2D eigenvalue weighted by Gasteiger charge is -2.07. The van der Waals surface area contributed by atoms with Crippen LogP contribution < -0.4 is 10.5 Å². The van der Waals surface area contributed by atoms with E-state index in [1.54, 1.807) is 6.07 Å². The summed E-state index contributed by atoms with van der Waals surface area (Å²) in [5, 5.41) is 0.614. The minimum Gasteiger partial charge on any atom is -0.389 e. The molecule has 0 bridgehead atoms. The highest BCUT2D eigenvalue weighted by molar-refractivity contribution is 7.94. The predicted molar refractivity (Wildman–Crippen MR) is 87.5 cm³/mol. The molecule has 0 aliphatic rings. The van der Waals surface area contributed by atoms with E-state index in [4.69, 9.17) is 41.2 Å². The van der Waals surface area contributed by atoms with Gasteiger partial charge in [-0.15, -0.1) is 11.3 Å². The van der Waals surface area contributed by atoms with Crippen LogP contribution in [0.25, 0.3) is 0 Å². The van der Waals surface area contributed by atoms with Crippen LogP contribution >= 0.6 is 46.8 Å². The number of thiocarbonyl (C=S) groups is 1. The fourth-order valence-electron chi connectivity index (χ4n) is 1.36. The maximum absolute atomic E-state index is 12.2. The first-order valence-corrected chi connectivity index (χ1v) is 8.63. The molecule has 0 radical (unpaired) electrons.